The van der Waals surface area contributed by atoms with Crippen molar-refractivity contribution in [3.05, 3.63) is 40.7 Å². The zero-order valence-electron chi connectivity index (χ0n) is 11.3. The summed E-state index contributed by atoms with van der Waals surface area (Å²) < 4.78 is 7.22. The zero-order chi connectivity index (χ0) is 13.3. The van der Waals surface area contributed by atoms with Crippen molar-refractivity contribution >= 4 is 5.69 Å². The first-order valence-electron chi connectivity index (χ1n) is 5.95. The van der Waals surface area contributed by atoms with E-state index in [-0.39, 0.29) is 0 Å². The number of hydrogen-bond donors (Lipinski definition) is 1. The van der Waals surface area contributed by atoms with Crippen LogP contribution in [0.1, 0.15) is 22.5 Å². The number of methoxy groups -OCH3 is 1. The Balaban J connectivity index is 2.33. The molecule has 0 amide bonds. The lowest BCUT2D eigenvalue weighted by Crippen LogP contribution is -2.05. The first-order chi connectivity index (χ1) is 8.51. The summed E-state index contributed by atoms with van der Waals surface area (Å²) in [7, 11) is 1.64. The van der Waals surface area contributed by atoms with Gasteiger partial charge < -0.3 is 10.5 Å². The van der Waals surface area contributed by atoms with Crippen LogP contribution in [0.3, 0.4) is 0 Å². The third kappa shape index (κ3) is 2.32. The monoisotopic (exact) mass is 245 g/mol. The molecule has 0 saturated carbocycles. The Labute approximate surface area is 107 Å². The van der Waals surface area contributed by atoms with Crippen molar-refractivity contribution in [2.45, 2.75) is 27.3 Å². The van der Waals surface area contributed by atoms with E-state index in [0.29, 0.717) is 12.2 Å². The van der Waals surface area contributed by atoms with Crippen LogP contribution in [-0.2, 0) is 6.54 Å². The maximum absolute atomic E-state index is 5.85. The molecule has 1 aromatic carbocycles. The van der Waals surface area contributed by atoms with Crippen LogP contribution in [0.15, 0.2) is 18.2 Å². The molecule has 4 heteroatoms. The molecule has 96 valence electrons. The number of anilines is 1. The normalized spacial score (nSPS) is 10.7. The van der Waals surface area contributed by atoms with E-state index in [1.807, 2.05) is 29.8 Å². The molecule has 0 fully saturated rings. The number of nitrogen functional groups attached to an aromatic ring is 1. The lowest BCUT2D eigenvalue weighted by atomic mass is 10.2. The van der Waals surface area contributed by atoms with Gasteiger partial charge in [-0.05, 0) is 44.0 Å². The Bertz CT molecular complexity index is 573. The van der Waals surface area contributed by atoms with Crippen LogP contribution in [0, 0.1) is 20.8 Å². The standard InChI is InChI=1S/C14H19N3O/c1-9-10(2)16-17(11(9)3)8-12-5-13(15)7-14(6-12)18-4/h5-7H,8,15H2,1-4H3. The van der Waals surface area contributed by atoms with E-state index in [2.05, 4.69) is 18.9 Å². The van der Waals surface area contributed by atoms with Crippen molar-refractivity contribution in [3.63, 3.8) is 0 Å². The Hall–Kier alpha value is -1.97. The van der Waals surface area contributed by atoms with Crippen LogP contribution in [0.2, 0.25) is 0 Å². The third-order valence-corrected chi connectivity index (χ3v) is 3.30. The number of ether oxygens (including phenoxy) is 1. The summed E-state index contributed by atoms with van der Waals surface area (Å²) in [6.07, 6.45) is 0. The molecule has 4 nitrogen and oxygen atoms in total. The molecule has 0 unspecified atom stereocenters. The highest BCUT2D eigenvalue weighted by molar-refractivity contribution is 5.47. The lowest BCUT2D eigenvalue weighted by Gasteiger charge is -2.08. The Morgan fingerprint density at radius 1 is 1.22 bits per heavy atom. The quantitative estimate of drug-likeness (QED) is 0.845. The largest absolute Gasteiger partial charge is 0.497 e. The Morgan fingerprint density at radius 2 is 1.94 bits per heavy atom. The fourth-order valence-electron chi connectivity index (χ4n) is 2.01. The molecule has 18 heavy (non-hydrogen) atoms. The second-order valence-corrected chi connectivity index (χ2v) is 4.57. The van der Waals surface area contributed by atoms with Crippen molar-refractivity contribution in [2.75, 3.05) is 12.8 Å². The molecule has 0 radical (unpaired) electrons. The van der Waals surface area contributed by atoms with Crippen molar-refractivity contribution in [1.82, 2.24) is 9.78 Å². The molecule has 0 aliphatic rings. The molecule has 0 spiro atoms. The van der Waals surface area contributed by atoms with Gasteiger partial charge in [-0.15, -0.1) is 0 Å². The molecule has 0 bridgehead atoms. The summed E-state index contributed by atoms with van der Waals surface area (Å²) in [6.45, 7) is 6.91. The van der Waals surface area contributed by atoms with Gasteiger partial charge in [-0.2, -0.15) is 5.10 Å². The Morgan fingerprint density at radius 3 is 2.50 bits per heavy atom. The van der Waals surface area contributed by atoms with Crippen LogP contribution >= 0.6 is 0 Å². The van der Waals surface area contributed by atoms with E-state index < -0.39 is 0 Å². The Kier molecular flexibility index (Phi) is 3.28. The highest BCUT2D eigenvalue weighted by Gasteiger charge is 2.08. The van der Waals surface area contributed by atoms with Crippen molar-refractivity contribution in [3.8, 4) is 5.75 Å². The molecule has 0 atom stereocenters. The number of hydrogen-bond acceptors (Lipinski definition) is 3. The highest BCUT2D eigenvalue weighted by Crippen LogP contribution is 2.20. The minimum atomic E-state index is 0.710. The molecular weight excluding hydrogens is 226 g/mol. The number of aryl methyl sites for hydroxylation is 1. The molecule has 2 aromatic rings. The molecule has 1 heterocycles. The second kappa shape index (κ2) is 4.72. The lowest BCUT2D eigenvalue weighted by molar-refractivity contribution is 0.414. The topological polar surface area (TPSA) is 53.1 Å². The summed E-state index contributed by atoms with van der Waals surface area (Å²) in [6, 6.07) is 5.76. The number of nitrogens with zero attached hydrogens (tertiary/aromatic N) is 2. The van der Waals surface area contributed by atoms with Crippen molar-refractivity contribution in [1.29, 1.82) is 0 Å². The molecular formula is C14H19N3O. The fourth-order valence-corrected chi connectivity index (χ4v) is 2.01. The van der Waals surface area contributed by atoms with E-state index in [1.165, 1.54) is 11.3 Å². The summed E-state index contributed by atoms with van der Waals surface area (Å²) in [5.74, 6) is 0.781. The maximum Gasteiger partial charge on any atom is 0.121 e. The minimum absolute atomic E-state index is 0.710. The van der Waals surface area contributed by atoms with Gasteiger partial charge in [0, 0.05) is 17.4 Å². The van der Waals surface area contributed by atoms with Crippen molar-refractivity contribution in [2.24, 2.45) is 0 Å². The van der Waals surface area contributed by atoms with Gasteiger partial charge in [0.15, 0.2) is 0 Å². The molecule has 0 saturated heterocycles. The highest BCUT2D eigenvalue weighted by atomic mass is 16.5. The summed E-state index contributed by atoms with van der Waals surface area (Å²) in [5, 5.41) is 4.53. The fraction of sp³-hybridized carbons (Fsp3) is 0.357. The van der Waals surface area contributed by atoms with E-state index in [1.54, 1.807) is 7.11 Å². The summed E-state index contributed by atoms with van der Waals surface area (Å²) in [4.78, 5) is 0. The number of nitrogens with two attached hydrogens (primary N) is 1. The summed E-state index contributed by atoms with van der Waals surface area (Å²) >= 11 is 0. The van der Waals surface area contributed by atoms with Gasteiger partial charge in [-0.25, -0.2) is 0 Å². The number of rotatable bonds is 3. The van der Waals surface area contributed by atoms with E-state index in [0.717, 1.165) is 17.0 Å². The maximum atomic E-state index is 5.85. The number of aromatic nitrogens is 2. The van der Waals surface area contributed by atoms with Crippen LogP contribution in [0.25, 0.3) is 0 Å². The van der Waals surface area contributed by atoms with E-state index in [4.69, 9.17) is 10.5 Å². The van der Waals surface area contributed by atoms with Gasteiger partial charge in [0.05, 0.1) is 19.3 Å². The van der Waals surface area contributed by atoms with Gasteiger partial charge in [0.2, 0.25) is 0 Å². The van der Waals surface area contributed by atoms with Crippen molar-refractivity contribution < 1.29 is 4.74 Å². The van der Waals surface area contributed by atoms with Crippen LogP contribution in [0.5, 0.6) is 5.75 Å². The van der Waals surface area contributed by atoms with Gasteiger partial charge in [-0.3, -0.25) is 4.68 Å². The molecule has 0 aliphatic heterocycles. The predicted molar refractivity (Wildman–Crippen MR) is 72.9 cm³/mol. The number of benzene rings is 1. The third-order valence-electron chi connectivity index (χ3n) is 3.30. The molecule has 2 rings (SSSR count). The van der Waals surface area contributed by atoms with E-state index in [9.17, 15) is 0 Å². The van der Waals surface area contributed by atoms with Gasteiger partial charge in [0.25, 0.3) is 0 Å². The molecule has 0 aliphatic carbocycles. The zero-order valence-corrected chi connectivity index (χ0v) is 11.3. The average molecular weight is 245 g/mol. The van der Waals surface area contributed by atoms with E-state index >= 15 is 0 Å². The second-order valence-electron chi connectivity index (χ2n) is 4.57. The van der Waals surface area contributed by atoms with Crippen LogP contribution in [-0.4, -0.2) is 16.9 Å². The smallest absolute Gasteiger partial charge is 0.121 e. The van der Waals surface area contributed by atoms with Gasteiger partial charge in [-0.1, -0.05) is 0 Å². The summed E-state index contributed by atoms with van der Waals surface area (Å²) in [5.41, 5.74) is 11.2. The first kappa shape index (κ1) is 12.5. The SMILES string of the molecule is COc1cc(N)cc(Cn2nc(C)c(C)c2C)c1. The molecule has 2 N–H and O–H groups in total. The van der Waals surface area contributed by atoms with Gasteiger partial charge >= 0.3 is 0 Å². The molecule has 1 aromatic heterocycles. The van der Waals surface area contributed by atoms with Gasteiger partial charge in [0.1, 0.15) is 5.75 Å². The van der Waals surface area contributed by atoms with Crippen LogP contribution < -0.4 is 10.5 Å². The first-order valence-corrected chi connectivity index (χ1v) is 5.95. The minimum Gasteiger partial charge on any atom is -0.497 e. The van der Waals surface area contributed by atoms with Crippen LogP contribution in [0.4, 0.5) is 5.69 Å². The average Bonchev–Trinajstić information content (AvgIpc) is 2.56. The predicted octanol–water partition coefficient (Wildman–Crippen LogP) is 2.45.